The molecule has 0 aliphatic carbocycles. The van der Waals surface area contributed by atoms with Gasteiger partial charge in [-0.15, -0.1) is 0 Å². The Labute approximate surface area is 242 Å². The zero-order valence-electron chi connectivity index (χ0n) is 19.9. The first-order valence-corrected chi connectivity index (χ1v) is 12.5. The minimum atomic E-state index is -0.930. The molecule has 0 radical (unpaired) electrons. The van der Waals surface area contributed by atoms with Crippen molar-refractivity contribution in [2.24, 2.45) is 0 Å². The third-order valence-corrected chi connectivity index (χ3v) is 6.80. The Bertz CT molecular complexity index is 1540. The number of ether oxygens (including phenoxy) is 2. The molecule has 1 aliphatic rings. The Morgan fingerprint density at radius 3 is 2.26 bits per heavy atom. The zero-order valence-corrected chi connectivity index (χ0v) is 22.9. The molecule has 3 aromatic carbocycles. The first kappa shape index (κ1) is 28.3. The molecule has 1 saturated heterocycles. The molecule has 2 N–H and O–H groups in total. The number of anilines is 2. The van der Waals surface area contributed by atoms with Gasteiger partial charge in [-0.25, -0.2) is 9.69 Å². The Hall–Kier alpha value is -3.76. The van der Waals surface area contributed by atoms with Crippen molar-refractivity contribution >= 4 is 87.6 Å². The molecule has 1 fully saturated rings. The first-order valence-electron chi connectivity index (χ1n) is 11.0. The lowest BCUT2D eigenvalue weighted by atomic mass is 10.1. The molecule has 9 nitrogen and oxygen atoms in total. The number of methoxy groups -OCH3 is 1. The Balaban J connectivity index is 1.51. The highest BCUT2D eigenvalue weighted by Crippen LogP contribution is 2.32. The van der Waals surface area contributed by atoms with Gasteiger partial charge in [-0.05, 0) is 60.2 Å². The Morgan fingerprint density at radius 2 is 1.59 bits per heavy atom. The third-order valence-electron chi connectivity index (χ3n) is 5.32. The Morgan fingerprint density at radius 1 is 0.897 bits per heavy atom. The minimum absolute atomic E-state index is 0.128. The van der Waals surface area contributed by atoms with Gasteiger partial charge < -0.3 is 14.8 Å². The van der Waals surface area contributed by atoms with Gasteiger partial charge in [0.25, 0.3) is 17.7 Å². The predicted molar refractivity (Wildman–Crippen MR) is 149 cm³/mol. The van der Waals surface area contributed by atoms with Crippen molar-refractivity contribution in [1.82, 2.24) is 5.32 Å². The lowest BCUT2D eigenvalue weighted by molar-refractivity contribution is -0.122. The normalized spacial score (nSPS) is 14.3. The summed E-state index contributed by atoms with van der Waals surface area (Å²) >= 11 is 23.8. The number of barbiturate groups is 1. The van der Waals surface area contributed by atoms with Gasteiger partial charge in [0.05, 0.1) is 32.9 Å². The number of nitrogens with one attached hydrogen (secondary N) is 2. The number of hydrogen-bond acceptors (Lipinski definition) is 6. The lowest BCUT2D eigenvalue weighted by Crippen LogP contribution is -2.54. The molecule has 0 atom stereocenters. The summed E-state index contributed by atoms with van der Waals surface area (Å²) in [4.78, 5) is 51.1. The maximum atomic E-state index is 13.1. The number of nitrogens with zero attached hydrogens (tertiary/aromatic N) is 1. The molecule has 1 heterocycles. The molecule has 0 spiro atoms. The highest BCUT2D eigenvalue weighted by atomic mass is 35.5. The average molecular weight is 609 g/mol. The second-order valence-electron chi connectivity index (χ2n) is 7.93. The minimum Gasteiger partial charge on any atom is -0.493 e. The van der Waals surface area contributed by atoms with E-state index in [1.807, 2.05) is 0 Å². The molecule has 4 rings (SSSR count). The van der Waals surface area contributed by atoms with E-state index >= 15 is 0 Å². The van der Waals surface area contributed by atoms with Crippen molar-refractivity contribution in [2.75, 3.05) is 23.9 Å². The van der Waals surface area contributed by atoms with Crippen molar-refractivity contribution in [2.45, 2.75) is 0 Å². The van der Waals surface area contributed by atoms with Crippen LogP contribution in [0.5, 0.6) is 11.5 Å². The summed E-state index contributed by atoms with van der Waals surface area (Å²) in [5.41, 5.74) is 0.653. The summed E-state index contributed by atoms with van der Waals surface area (Å²) in [5, 5.41) is 5.77. The Kier molecular flexibility index (Phi) is 8.66. The van der Waals surface area contributed by atoms with E-state index in [-0.39, 0.29) is 44.4 Å². The molecule has 0 unspecified atom stereocenters. The summed E-state index contributed by atoms with van der Waals surface area (Å²) in [6, 6.07) is 12.4. The molecule has 5 amide bonds. The molecule has 39 heavy (non-hydrogen) atoms. The van der Waals surface area contributed by atoms with E-state index in [1.54, 1.807) is 18.2 Å². The summed E-state index contributed by atoms with van der Waals surface area (Å²) in [7, 11) is 1.39. The summed E-state index contributed by atoms with van der Waals surface area (Å²) in [6.45, 7) is -0.349. The van der Waals surface area contributed by atoms with Gasteiger partial charge in [0.2, 0.25) is 0 Å². The number of hydrogen-bond donors (Lipinski definition) is 2. The highest BCUT2D eigenvalue weighted by molar-refractivity contribution is 6.43. The number of amides is 5. The van der Waals surface area contributed by atoms with Crippen LogP contribution in [-0.4, -0.2) is 37.5 Å². The fraction of sp³-hybridized carbons (Fsp3) is 0.0769. The smallest absolute Gasteiger partial charge is 0.335 e. The summed E-state index contributed by atoms with van der Waals surface area (Å²) in [6.07, 6.45) is 1.29. The van der Waals surface area contributed by atoms with Crippen molar-refractivity contribution in [3.05, 3.63) is 85.8 Å². The van der Waals surface area contributed by atoms with Crippen LogP contribution in [0.1, 0.15) is 5.56 Å². The van der Waals surface area contributed by atoms with Gasteiger partial charge in [-0.2, -0.15) is 0 Å². The van der Waals surface area contributed by atoms with Gasteiger partial charge in [-0.1, -0.05) is 52.5 Å². The molecule has 0 aromatic heterocycles. The van der Waals surface area contributed by atoms with E-state index in [9.17, 15) is 19.2 Å². The van der Waals surface area contributed by atoms with E-state index in [0.717, 1.165) is 4.90 Å². The first-order chi connectivity index (χ1) is 18.6. The molecule has 0 bridgehead atoms. The maximum absolute atomic E-state index is 13.1. The molecule has 0 saturated carbocycles. The predicted octanol–water partition coefficient (Wildman–Crippen LogP) is 5.99. The van der Waals surface area contributed by atoms with Gasteiger partial charge in [0, 0.05) is 5.69 Å². The molecule has 3 aromatic rings. The van der Waals surface area contributed by atoms with Crippen molar-refractivity contribution in [1.29, 1.82) is 0 Å². The van der Waals surface area contributed by atoms with E-state index in [1.165, 1.54) is 49.6 Å². The number of urea groups is 1. The van der Waals surface area contributed by atoms with Gasteiger partial charge >= 0.3 is 6.03 Å². The summed E-state index contributed by atoms with van der Waals surface area (Å²) in [5.74, 6) is -1.73. The van der Waals surface area contributed by atoms with Crippen molar-refractivity contribution in [3.63, 3.8) is 0 Å². The second kappa shape index (κ2) is 12.0. The highest BCUT2D eigenvalue weighted by Gasteiger charge is 2.37. The SMILES string of the molecule is COc1cc(/C=C2/C(=O)NC(=O)N(c3ccc(Cl)c(Cl)c3)C2=O)ccc1OCC(=O)Nc1ccc(Cl)c(Cl)c1. The standard InChI is InChI=1S/C26H17Cl4N3O6/c1-38-22-9-13(2-7-21(22)39-12-23(34)31-14-3-5-17(27)19(29)10-14)8-16-24(35)32-26(37)33(25(16)36)15-4-6-18(28)20(30)11-15/h2-11H,12H2,1H3,(H,31,34)(H,32,35,37)/b16-8-. The molecule has 200 valence electrons. The monoisotopic (exact) mass is 607 g/mol. The summed E-state index contributed by atoms with van der Waals surface area (Å²) < 4.78 is 10.9. The molecule has 1 aliphatic heterocycles. The molecular formula is C26H17Cl4N3O6. The maximum Gasteiger partial charge on any atom is 0.335 e. The fourth-order valence-electron chi connectivity index (χ4n) is 3.49. The fourth-order valence-corrected chi connectivity index (χ4v) is 4.08. The van der Waals surface area contributed by atoms with Crippen LogP contribution in [0.4, 0.5) is 16.2 Å². The number of rotatable bonds is 7. The number of carbonyl (C=O) groups excluding carboxylic acids is 4. The van der Waals surface area contributed by atoms with Crippen LogP contribution in [0.15, 0.2) is 60.2 Å². The number of benzene rings is 3. The van der Waals surface area contributed by atoms with Gasteiger partial charge in [0.1, 0.15) is 5.57 Å². The molecule has 13 heteroatoms. The van der Waals surface area contributed by atoms with Crippen LogP contribution in [0.2, 0.25) is 20.1 Å². The number of carbonyl (C=O) groups is 4. The largest absolute Gasteiger partial charge is 0.493 e. The number of halogens is 4. The zero-order chi connectivity index (χ0) is 28.3. The lowest BCUT2D eigenvalue weighted by Gasteiger charge is -2.26. The topological polar surface area (TPSA) is 114 Å². The quantitative estimate of drug-likeness (QED) is 0.251. The van der Waals surface area contributed by atoms with Crippen molar-refractivity contribution in [3.8, 4) is 11.5 Å². The average Bonchev–Trinajstić information content (AvgIpc) is 2.89. The second-order valence-corrected chi connectivity index (χ2v) is 9.56. The third kappa shape index (κ3) is 6.46. The van der Waals surface area contributed by atoms with Crippen molar-refractivity contribution < 1.29 is 28.7 Å². The van der Waals surface area contributed by atoms with E-state index in [4.69, 9.17) is 55.9 Å². The van der Waals surface area contributed by atoms with Crippen LogP contribution >= 0.6 is 46.4 Å². The molecular weight excluding hydrogens is 592 g/mol. The van der Waals surface area contributed by atoms with Crippen LogP contribution in [0.25, 0.3) is 6.08 Å². The van der Waals surface area contributed by atoms with Crippen LogP contribution in [-0.2, 0) is 14.4 Å². The van der Waals surface area contributed by atoms with Crippen LogP contribution < -0.4 is 25.0 Å². The van der Waals surface area contributed by atoms with Crippen LogP contribution in [0.3, 0.4) is 0 Å². The van der Waals surface area contributed by atoms with Crippen LogP contribution in [0, 0.1) is 0 Å². The van der Waals surface area contributed by atoms with E-state index < -0.39 is 23.8 Å². The van der Waals surface area contributed by atoms with Gasteiger partial charge in [-0.3, -0.25) is 19.7 Å². The van der Waals surface area contributed by atoms with E-state index in [0.29, 0.717) is 16.3 Å². The number of imide groups is 2. The van der Waals surface area contributed by atoms with E-state index in [2.05, 4.69) is 10.6 Å². The van der Waals surface area contributed by atoms with Gasteiger partial charge in [0.15, 0.2) is 18.1 Å².